The molecule has 2 aliphatic rings. The van der Waals surface area contributed by atoms with E-state index in [9.17, 15) is 0 Å². The number of nitrogens with zero attached hydrogens (tertiary/aromatic N) is 2. The molecule has 0 unspecified atom stereocenters. The molecule has 0 aromatic heterocycles. The molecular formula is C25H34N2O. The minimum absolute atomic E-state index is 0.129. The molecule has 0 amide bonds. The van der Waals surface area contributed by atoms with E-state index < -0.39 is 0 Å². The van der Waals surface area contributed by atoms with Crippen LogP contribution in [0.2, 0.25) is 0 Å². The molecule has 4 rings (SSSR count). The van der Waals surface area contributed by atoms with Crippen LogP contribution in [0.5, 0.6) is 0 Å². The summed E-state index contributed by atoms with van der Waals surface area (Å²) in [6.07, 6.45) is 6.12. The van der Waals surface area contributed by atoms with Crippen molar-refractivity contribution >= 4 is 0 Å². The topological polar surface area (TPSA) is 15.7 Å². The highest BCUT2D eigenvalue weighted by molar-refractivity contribution is 5.15. The Morgan fingerprint density at radius 2 is 1.39 bits per heavy atom. The van der Waals surface area contributed by atoms with Crippen molar-refractivity contribution in [2.24, 2.45) is 0 Å². The zero-order valence-electron chi connectivity index (χ0n) is 17.1. The molecule has 1 saturated heterocycles. The summed E-state index contributed by atoms with van der Waals surface area (Å²) in [6.45, 7) is 7.56. The van der Waals surface area contributed by atoms with Crippen LogP contribution in [0.4, 0.5) is 0 Å². The fraction of sp³-hybridized carbons (Fsp3) is 0.520. The van der Waals surface area contributed by atoms with Crippen molar-refractivity contribution in [3.63, 3.8) is 0 Å². The highest BCUT2D eigenvalue weighted by atomic mass is 16.5. The maximum absolute atomic E-state index is 6.44. The molecule has 0 radical (unpaired) electrons. The summed E-state index contributed by atoms with van der Waals surface area (Å²) in [6, 6.07) is 21.8. The van der Waals surface area contributed by atoms with Crippen LogP contribution in [0.3, 0.4) is 0 Å². The van der Waals surface area contributed by atoms with Crippen molar-refractivity contribution in [2.75, 3.05) is 39.3 Å². The molecule has 28 heavy (non-hydrogen) atoms. The predicted octanol–water partition coefficient (Wildman–Crippen LogP) is 4.38. The first kappa shape index (κ1) is 19.6. The van der Waals surface area contributed by atoms with Gasteiger partial charge in [-0.25, -0.2) is 0 Å². The number of hydrogen-bond acceptors (Lipinski definition) is 3. The van der Waals surface area contributed by atoms with Gasteiger partial charge in [-0.05, 0) is 56.3 Å². The number of ether oxygens (including phenoxy) is 1. The molecule has 1 aliphatic heterocycles. The molecule has 0 bridgehead atoms. The van der Waals surface area contributed by atoms with Crippen molar-refractivity contribution in [3.05, 3.63) is 71.8 Å². The maximum Gasteiger partial charge on any atom is 0.0811 e. The Morgan fingerprint density at radius 1 is 0.750 bits per heavy atom. The van der Waals surface area contributed by atoms with Gasteiger partial charge >= 0.3 is 0 Å². The number of hydrogen-bond donors (Lipinski definition) is 0. The van der Waals surface area contributed by atoms with E-state index in [2.05, 4.69) is 70.5 Å². The predicted molar refractivity (Wildman–Crippen MR) is 115 cm³/mol. The molecule has 3 nitrogen and oxygen atoms in total. The highest BCUT2D eigenvalue weighted by Gasteiger charge is 2.45. The molecule has 2 aromatic rings. The fourth-order valence-electron chi connectivity index (χ4n) is 4.28. The molecule has 2 aromatic carbocycles. The first-order valence-corrected chi connectivity index (χ1v) is 11.0. The standard InChI is InChI=1S/C25H34N2O/c1-3-9-23(10-4-1)13-18-26-16-7-8-17-27(21-24-11-5-2-6-12-24)22-25(14-15-25)28-20-19-26/h1-6,9-12H,7-8,13-22H2. The minimum atomic E-state index is 0.129. The number of benzene rings is 2. The zero-order chi connectivity index (χ0) is 19.1. The third kappa shape index (κ3) is 5.91. The van der Waals surface area contributed by atoms with Gasteiger partial charge in [0.2, 0.25) is 0 Å². The first-order valence-electron chi connectivity index (χ1n) is 11.0. The summed E-state index contributed by atoms with van der Waals surface area (Å²) in [7, 11) is 0. The molecular weight excluding hydrogens is 344 g/mol. The highest BCUT2D eigenvalue weighted by Crippen LogP contribution is 2.40. The Kier molecular flexibility index (Phi) is 6.79. The van der Waals surface area contributed by atoms with Crippen LogP contribution in [0.1, 0.15) is 36.8 Å². The lowest BCUT2D eigenvalue weighted by atomic mass is 10.1. The Balaban J connectivity index is 1.32. The van der Waals surface area contributed by atoms with Crippen LogP contribution in [0, 0.1) is 0 Å². The Morgan fingerprint density at radius 3 is 2.07 bits per heavy atom. The van der Waals surface area contributed by atoms with Gasteiger partial charge < -0.3 is 9.64 Å². The SMILES string of the molecule is c1ccc(CCN2CCCCN(Cc3ccccc3)CC3(CC3)OCC2)cc1. The van der Waals surface area contributed by atoms with Gasteiger partial charge in [0.05, 0.1) is 12.2 Å². The third-order valence-corrected chi connectivity index (χ3v) is 6.14. The molecule has 0 atom stereocenters. The Hall–Kier alpha value is -1.68. The van der Waals surface area contributed by atoms with Crippen molar-refractivity contribution in [2.45, 2.75) is 44.2 Å². The van der Waals surface area contributed by atoms with Crippen molar-refractivity contribution < 1.29 is 4.74 Å². The van der Waals surface area contributed by atoms with Crippen LogP contribution < -0.4 is 0 Å². The monoisotopic (exact) mass is 378 g/mol. The summed E-state index contributed by atoms with van der Waals surface area (Å²) >= 11 is 0. The van der Waals surface area contributed by atoms with Gasteiger partial charge in [0.1, 0.15) is 0 Å². The van der Waals surface area contributed by atoms with Gasteiger partial charge in [0.25, 0.3) is 0 Å². The van der Waals surface area contributed by atoms with E-state index in [1.807, 2.05) is 0 Å². The third-order valence-electron chi connectivity index (χ3n) is 6.14. The summed E-state index contributed by atoms with van der Waals surface area (Å²) in [5, 5.41) is 0. The van der Waals surface area contributed by atoms with Crippen LogP contribution in [-0.2, 0) is 17.7 Å². The molecule has 1 spiro atoms. The van der Waals surface area contributed by atoms with E-state index in [0.717, 1.165) is 39.2 Å². The largest absolute Gasteiger partial charge is 0.372 e. The van der Waals surface area contributed by atoms with E-state index in [0.29, 0.717) is 0 Å². The first-order chi connectivity index (χ1) is 13.8. The maximum atomic E-state index is 6.44. The Labute approximate surface area is 170 Å². The molecule has 1 aliphatic carbocycles. The van der Waals surface area contributed by atoms with Crippen LogP contribution >= 0.6 is 0 Å². The van der Waals surface area contributed by atoms with E-state index >= 15 is 0 Å². The zero-order valence-corrected chi connectivity index (χ0v) is 17.1. The second kappa shape index (κ2) is 9.69. The molecule has 1 heterocycles. The molecule has 150 valence electrons. The van der Waals surface area contributed by atoms with Crippen molar-refractivity contribution in [3.8, 4) is 0 Å². The van der Waals surface area contributed by atoms with Crippen LogP contribution in [0.15, 0.2) is 60.7 Å². The second-order valence-corrected chi connectivity index (χ2v) is 8.51. The van der Waals surface area contributed by atoms with Gasteiger partial charge in [0, 0.05) is 26.2 Å². The van der Waals surface area contributed by atoms with Crippen molar-refractivity contribution in [1.29, 1.82) is 0 Å². The molecule has 3 heteroatoms. The lowest BCUT2D eigenvalue weighted by molar-refractivity contribution is -0.00208. The molecule has 0 N–H and O–H groups in total. The second-order valence-electron chi connectivity index (χ2n) is 8.51. The average molecular weight is 379 g/mol. The van der Waals surface area contributed by atoms with E-state index in [1.54, 1.807) is 0 Å². The van der Waals surface area contributed by atoms with Gasteiger partial charge in [-0.15, -0.1) is 0 Å². The fourth-order valence-corrected chi connectivity index (χ4v) is 4.28. The number of rotatable bonds is 5. The minimum Gasteiger partial charge on any atom is -0.372 e. The van der Waals surface area contributed by atoms with E-state index in [4.69, 9.17) is 4.74 Å². The van der Waals surface area contributed by atoms with Gasteiger partial charge in [0.15, 0.2) is 0 Å². The van der Waals surface area contributed by atoms with Gasteiger partial charge in [-0.3, -0.25) is 4.90 Å². The summed E-state index contributed by atoms with van der Waals surface area (Å²) in [5.41, 5.74) is 2.98. The summed E-state index contributed by atoms with van der Waals surface area (Å²) in [5.74, 6) is 0. The van der Waals surface area contributed by atoms with Crippen LogP contribution in [0.25, 0.3) is 0 Å². The average Bonchev–Trinajstić information content (AvgIpc) is 3.49. The smallest absolute Gasteiger partial charge is 0.0811 e. The normalized spacial score (nSPS) is 21.3. The van der Waals surface area contributed by atoms with E-state index in [-0.39, 0.29) is 5.60 Å². The summed E-state index contributed by atoms with van der Waals surface area (Å²) in [4.78, 5) is 5.23. The quantitative estimate of drug-likeness (QED) is 0.768. The van der Waals surface area contributed by atoms with Crippen LogP contribution in [-0.4, -0.2) is 54.7 Å². The van der Waals surface area contributed by atoms with Gasteiger partial charge in [-0.2, -0.15) is 0 Å². The lowest BCUT2D eigenvalue weighted by Crippen LogP contribution is -2.36. The van der Waals surface area contributed by atoms with E-state index in [1.165, 1.54) is 49.9 Å². The Bertz CT molecular complexity index is 699. The molecule has 2 fully saturated rings. The summed E-state index contributed by atoms with van der Waals surface area (Å²) < 4.78 is 6.44. The molecule has 1 saturated carbocycles. The lowest BCUT2D eigenvalue weighted by Gasteiger charge is -2.27. The van der Waals surface area contributed by atoms with Crippen molar-refractivity contribution in [1.82, 2.24) is 9.80 Å². The van der Waals surface area contributed by atoms with Gasteiger partial charge in [-0.1, -0.05) is 60.7 Å².